The van der Waals surface area contributed by atoms with E-state index in [1.165, 1.54) is 11.3 Å². The predicted octanol–water partition coefficient (Wildman–Crippen LogP) is 4.29. The average molecular weight is 360 g/mol. The Labute approximate surface area is 160 Å². The minimum Gasteiger partial charge on any atom is -0.383 e. The zero-order valence-electron chi connectivity index (χ0n) is 15.6. The van der Waals surface area contributed by atoms with Gasteiger partial charge in [-0.05, 0) is 24.5 Å². The van der Waals surface area contributed by atoms with Crippen LogP contribution in [0.1, 0.15) is 12.0 Å². The molecule has 0 bridgehead atoms. The number of methoxy groups -OCH3 is 1. The van der Waals surface area contributed by atoms with Gasteiger partial charge >= 0.3 is 0 Å². The summed E-state index contributed by atoms with van der Waals surface area (Å²) in [7, 11) is 1.69. The standard InChI is InChI=1S/C22H24N4O/c1-27-15-13-23-22-24-19(17-8-3-2-4-9-17)16-21(25-22)26-14-7-11-18-10-5-6-12-20(18)26/h2-6,8-10,12,16H,7,11,13-15H2,1H3,(H,23,24,25). The molecule has 0 unspecified atom stereocenters. The van der Waals surface area contributed by atoms with Gasteiger partial charge in [0.1, 0.15) is 5.82 Å². The summed E-state index contributed by atoms with van der Waals surface area (Å²) < 4.78 is 5.14. The highest BCUT2D eigenvalue weighted by Gasteiger charge is 2.20. The van der Waals surface area contributed by atoms with Crippen molar-refractivity contribution in [2.45, 2.75) is 12.8 Å². The van der Waals surface area contributed by atoms with Gasteiger partial charge in [-0.25, -0.2) is 4.98 Å². The van der Waals surface area contributed by atoms with Crippen LogP contribution in [0.4, 0.5) is 17.5 Å². The molecular formula is C22H24N4O. The van der Waals surface area contributed by atoms with Gasteiger partial charge in [-0.3, -0.25) is 0 Å². The third-order valence-electron chi connectivity index (χ3n) is 4.76. The van der Waals surface area contributed by atoms with Crippen LogP contribution in [-0.2, 0) is 11.2 Å². The summed E-state index contributed by atoms with van der Waals surface area (Å²) >= 11 is 0. The van der Waals surface area contributed by atoms with Crippen molar-refractivity contribution in [1.29, 1.82) is 0 Å². The summed E-state index contributed by atoms with van der Waals surface area (Å²) in [5, 5.41) is 3.29. The Hall–Kier alpha value is -2.92. The van der Waals surface area contributed by atoms with Gasteiger partial charge < -0.3 is 15.0 Å². The monoisotopic (exact) mass is 360 g/mol. The van der Waals surface area contributed by atoms with Gasteiger partial charge in [-0.1, -0.05) is 48.5 Å². The summed E-state index contributed by atoms with van der Waals surface area (Å²) in [4.78, 5) is 11.8. The molecule has 4 rings (SSSR count). The lowest BCUT2D eigenvalue weighted by Gasteiger charge is -2.30. The Kier molecular flexibility index (Phi) is 5.30. The van der Waals surface area contributed by atoms with E-state index in [0.29, 0.717) is 19.1 Å². The van der Waals surface area contributed by atoms with Crippen LogP contribution in [0.3, 0.4) is 0 Å². The molecule has 27 heavy (non-hydrogen) atoms. The second-order valence-electron chi connectivity index (χ2n) is 6.60. The lowest BCUT2D eigenvalue weighted by Crippen LogP contribution is -2.26. The first-order valence-corrected chi connectivity index (χ1v) is 9.38. The SMILES string of the molecule is COCCNc1nc(-c2ccccc2)cc(N2CCCc3ccccc32)n1. The number of fused-ring (bicyclic) bond motifs is 1. The van der Waals surface area contributed by atoms with Crippen LogP contribution < -0.4 is 10.2 Å². The topological polar surface area (TPSA) is 50.3 Å². The number of aromatic nitrogens is 2. The van der Waals surface area contributed by atoms with Crippen LogP contribution in [-0.4, -0.2) is 36.8 Å². The van der Waals surface area contributed by atoms with Gasteiger partial charge in [-0.15, -0.1) is 0 Å². The van der Waals surface area contributed by atoms with E-state index in [-0.39, 0.29) is 0 Å². The van der Waals surface area contributed by atoms with Crippen LogP contribution in [0.5, 0.6) is 0 Å². The van der Waals surface area contributed by atoms with E-state index in [0.717, 1.165) is 36.5 Å². The molecule has 0 spiro atoms. The minimum absolute atomic E-state index is 0.612. The maximum atomic E-state index is 5.14. The normalized spacial score (nSPS) is 13.3. The summed E-state index contributed by atoms with van der Waals surface area (Å²) in [5.74, 6) is 1.56. The van der Waals surface area contributed by atoms with E-state index >= 15 is 0 Å². The fraction of sp³-hybridized carbons (Fsp3) is 0.273. The fourth-order valence-corrected chi connectivity index (χ4v) is 3.45. The molecule has 0 atom stereocenters. The number of para-hydroxylation sites is 1. The van der Waals surface area contributed by atoms with Crippen LogP contribution in [0, 0.1) is 0 Å². The van der Waals surface area contributed by atoms with Crippen molar-refractivity contribution < 1.29 is 4.74 Å². The van der Waals surface area contributed by atoms with Gasteiger partial charge in [0.2, 0.25) is 5.95 Å². The van der Waals surface area contributed by atoms with Crippen LogP contribution in [0.25, 0.3) is 11.3 Å². The van der Waals surface area contributed by atoms with Crippen molar-refractivity contribution >= 4 is 17.5 Å². The van der Waals surface area contributed by atoms with Crippen LogP contribution in [0.2, 0.25) is 0 Å². The molecule has 1 aliphatic heterocycles. The van der Waals surface area contributed by atoms with Crippen molar-refractivity contribution in [1.82, 2.24) is 9.97 Å². The molecular weight excluding hydrogens is 336 g/mol. The molecule has 1 aromatic heterocycles. The summed E-state index contributed by atoms with van der Waals surface area (Å²) in [6.45, 7) is 2.24. The first-order chi connectivity index (χ1) is 13.3. The Morgan fingerprint density at radius 3 is 2.70 bits per heavy atom. The summed E-state index contributed by atoms with van der Waals surface area (Å²) in [6, 6.07) is 20.9. The molecule has 1 aliphatic rings. The molecule has 5 nitrogen and oxygen atoms in total. The van der Waals surface area contributed by atoms with Gasteiger partial charge in [0.05, 0.1) is 12.3 Å². The molecule has 138 valence electrons. The highest BCUT2D eigenvalue weighted by atomic mass is 16.5. The van der Waals surface area contributed by atoms with Gasteiger partial charge in [-0.2, -0.15) is 4.98 Å². The predicted molar refractivity (Wildman–Crippen MR) is 110 cm³/mol. The van der Waals surface area contributed by atoms with Crippen molar-refractivity contribution in [3.8, 4) is 11.3 Å². The van der Waals surface area contributed by atoms with E-state index in [4.69, 9.17) is 14.7 Å². The number of hydrogen-bond donors (Lipinski definition) is 1. The smallest absolute Gasteiger partial charge is 0.225 e. The number of anilines is 3. The van der Waals surface area contributed by atoms with Crippen molar-refractivity contribution in [3.63, 3.8) is 0 Å². The Morgan fingerprint density at radius 2 is 1.85 bits per heavy atom. The largest absolute Gasteiger partial charge is 0.383 e. The third kappa shape index (κ3) is 3.93. The molecule has 2 aromatic carbocycles. The summed E-state index contributed by atoms with van der Waals surface area (Å²) in [6.07, 6.45) is 2.23. The van der Waals surface area contributed by atoms with E-state index in [1.54, 1.807) is 7.11 Å². The lowest BCUT2D eigenvalue weighted by atomic mass is 10.0. The highest BCUT2D eigenvalue weighted by Crippen LogP contribution is 2.34. The fourth-order valence-electron chi connectivity index (χ4n) is 3.45. The number of aryl methyl sites for hydroxylation is 1. The van der Waals surface area contributed by atoms with Crippen LogP contribution in [0.15, 0.2) is 60.7 Å². The van der Waals surface area contributed by atoms with E-state index in [2.05, 4.69) is 52.7 Å². The number of rotatable bonds is 6. The molecule has 0 saturated carbocycles. The molecule has 5 heteroatoms. The van der Waals surface area contributed by atoms with Crippen molar-refractivity contribution in [3.05, 3.63) is 66.2 Å². The molecule has 0 aliphatic carbocycles. The Morgan fingerprint density at radius 1 is 1.04 bits per heavy atom. The van der Waals surface area contributed by atoms with Crippen molar-refractivity contribution in [2.24, 2.45) is 0 Å². The van der Waals surface area contributed by atoms with E-state index < -0.39 is 0 Å². The second kappa shape index (κ2) is 8.18. The zero-order chi connectivity index (χ0) is 18.5. The van der Waals surface area contributed by atoms with Crippen LogP contribution >= 0.6 is 0 Å². The number of benzene rings is 2. The molecule has 0 fully saturated rings. The maximum absolute atomic E-state index is 5.14. The van der Waals surface area contributed by atoms with E-state index in [1.807, 2.05) is 18.2 Å². The maximum Gasteiger partial charge on any atom is 0.225 e. The molecule has 0 radical (unpaired) electrons. The number of nitrogens with one attached hydrogen (secondary N) is 1. The first-order valence-electron chi connectivity index (χ1n) is 9.38. The number of hydrogen-bond acceptors (Lipinski definition) is 5. The van der Waals surface area contributed by atoms with Gasteiger partial charge in [0, 0.05) is 37.5 Å². The molecule has 2 heterocycles. The average Bonchev–Trinajstić information content (AvgIpc) is 2.74. The molecule has 0 amide bonds. The summed E-state index contributed by atoms with van der Waals surface area (Å²) in [5.41, 5.74) is 4.62. The Balaban J connectivity index is 1.75. The van der Waals surface area contributed by atoms with Gasteiger partial charge in [0.15, 0.2) is 0 Å². The Bertz CT molecular complexity index is 898. The number of nitrogens with zero attached hydrogens (tertiary/aromatic N) is 3. The van der Waals surface area contributed by atoms with E-state index in [9.17, 15) is 0 Å². The third-order valence-corrected chi connectivity index (χ3v) is 4.76. The molecule has 3 aromatic rings. The lowest BCUT2D eigenvalue weighted by molar-refractivity contribution is 0.210. The minimum atomic E-state index is 0.612. The first kappa shape index (κ1) is 17.5. The molecule has 1 N–H and O–H groups in total. The van der Waals surface area contributed by atoms with Gasteiger partial charge in [0.25, 0.3) is 0 Å². The highest BCUT2D eigenvalue weighted by molar-refractivity contribution is 5.71. The quantitative estimate of drug-likeness (QED) is 0.665. The number of ether oxygens (including phenoxy) is 1. The zero-order valence-corrected chi connectivity index (χ0v) is 15.6. The second-order valence-corrected chi connectivity index (χ2v) is 6.60. The van der Waals surface area contributed by atoms with Crippen molar-refractivity contribution in [2.75, 3.05) is 37.0 Å². The molecule has 0 saturated heterocycles.